The zero-order chi connectivity index (χ0) is 12.8. The predicted molar refractivity (Wildman–Crippen MR) is 74.3 cm³/mol. The monoisotopic (exact) mass is 297 g/mol. The maximum absolute atomic E-state index is 5.98. The Morgan fingerprint density at radius 2 is 1.65 bits per heavy atom. The lowest BCUT2D eigenvalue weighted by atomic mass is 9.79. The van der Waals surface area contributed by atoms with Crippen LogP contribution in [-0.4, -0.2) is 18.3 Å². The highest BCUT2D eigenvalue weighted by molar-refractivity contribution is 9.10. The maximum atomic E-state index is 5.98. The second kappa shape index (κ2) is 4.00. The predicted octanol–water partition coefficient (Wildman–Crippen LogP) is 2.33. The molecule has 1 aromatic rings. The fraction of sp³-hybridized carbons (Fsp3) is 0.500. The summed E-state index contributed by atoms with van der Waals surface area (Å²) >= 11 is 3.49. The molecule has 5 heteroatoms. The zero-order valence-corrected chi connectivity index (χ0v) is 12.2. The van der Waals surface area contributed by atoms with Crippen LogP contribution in [0.5, 0.6) is 0 Å². The van der Waals surface area contributed by atoms with Gasteiger partial charge in [0.2, 0.25) is 0 Å². The molecule has 0 radical (unpaired) electrons. The fourth-order valence-corrected chi connectivity index (χ4v) is 2.29. The Morgan fingerprint density at radius 3 is 2.12 bits per heavy atom. The van der Waals surface area contributed by atoms with Crippen LogP contribution in [0.2, 0.25) is 0 Å². The van der Waals surface area contributed by atoms with Gasteiger partial charge < -0.3 is 15.0 Å². The number of hydrogen-bond donors (Lipinski definition) is 1. The van der Waals surface area contributed by atoms with Crippen molar-refractivity contribution in [1.29, 1.82) is 0 Å². The molecule has 1 saturated heterocycles. The summed E-state index contributed by atoms with van der Waals surface area (Å²) in [6.07, 6.45) is 0. The van der Waals surface area contributed by atoms with Crippen molar-refractivity contribution in [2.45, 2.75) is 38.9 Å². The van der Waals surface area contributed by atoms with E-state index in [1.807, 2.05) is 45.9 Å². The van der Waals surface area contributed by atoms with E-state index in [-0.39, 0.29) is 18.3 Å². The second-order valence-corrected chi connectivity index (χ2v) is 6.22. The molecule has 1 aliphatic heterocycles. The fourth-order valence-electron chi connectivity index (χ4n) is 1.70. The average molecular weight is 298 g/mol. The van der Waals surface area contributed by atoms with Gasteiger partial charge in [-0.2, -0.15) is 0 Å². The van der Waals surface area contributed by atoms with Gasteiger partial charge in [-0.05, 0) is 45.3 Å². The van der Waals surface area contributed by atoms with E-state index in [1.165, 1.54) is 0 Å². The lowest BCUT2D eigenvalue weighted by molar-refractivity contribution is 0.00578. The summed E-state index contributed by atoms with van der Waals surface area (Å²) in [5.74, 6) is 0. The van der Waals surface area contributed by atoms with Gasteiger partial charge in [0.1, 0.15) is 0 Å². The van der Waals surface area contributed by atoms with Crippen LogP contribution in [0.25, 0.3) is 0 Å². The summed E-state index contributed by atoms with van der Waals surface area (Å²) < 4.78 is 12.9. The number of rotatable bonds is 1. The Hall–Kier alpha value is -0.515. The Kier molecular flexibility index (Phi) is 3.05. The summed E-state index contributed by atoms with van der Waals surface area (Å²) in [6.45, 7) is 8.16. The first-order valence-corrected chi connectivity index (χ1v) is 6.43. The van der Waals surface area contributed by atoms with Crippen molar-refractivity contribution < 1.29 is 9.31 Å². The number of anilines is 1. The molecule has 0 aromatic heterocycles. The van der Waals surface area contributed by atoms with E-state index in [1.54, 1.807) is 0 Å². The largest absolute Gasteiger partial charge is 0.495 e. The molecule has 0 aliphatic carbocycles. The average Bonchev–Trinajstić information content (AvgIpc) is 2.35. The quantitative estimate of drug-likeness (QED) is 0.639. The molecular weight excluding hydrogens is 281 g/mol. The van der Waals surface area contributed by atoms with Gasteiger partial charge >= 0.3 is 7.12 Å². The Labute approximate surface area is 111 Å². The summed E-state index contributed by atoms with van der Waals surface area (Å²) in [5, 5.41) is 0. The number of nitrogen functional groups attached to an aromatic ring is 1. The van der Waals surface area contributed by atoms with Crippen LogP contribution >= 0.6 is 15.9 Å². The minimum absolute atomic E-state index is 0.321. The topological polar surface area (TPSA) is 44.5 Å². The SMILES string of the molecule is CC1(C)OB(c2ccc(N)cc2Br)OC1(C)C. The Bertz CT molecular complexity index is 432. The lowest BCUT2D eigenvalue weighted by Gasteiger charge is -2.32. The van der Waals surface area contributed by atoms with Gasteiger partial charge in [-0.25, -0.2) is 0 Å². The van der Waals surface area contributed by atoms with Crippen molar-refractivity contribution in [3.63, 3.8) is 0 Å². The summed E-state index contributed by atoms with van der Waals surface area (Å²) in [7, 11) is -0.352. The molecule has 1 fully saturated rings. The molecule has 0 atom stereocenters. The van der Waals surface area contributed by atoms with Crippen molar-refractivity contribution in [2.24, 2.45) is 0 Å². The normalized spacial score (nSPS) is 21.8. The third-order valence-corrected chi connectivity index (χ3v) is 4.22. The third-order valence-electron chi connectivity index (χ3n) is 3.53. The first-order chi connectivity index (χ1) is 7.73. The number of benzene rings is 1. The molecule has 92 valence electrons. The molecule has 0 amide bonds. The molecule has 1 heterocycles. The van der Waals surface area contributed by atoms with Gasteiger partial charge in [-0.15, -0.1) is 0 Å². The zero-order valence-electron chi connectivity index (χ0n) is 10.6. The van der Waals surface area contributed by atoms with Gasteiger partial charge in [0, 0.05) is 10.2 Å². The molecule has 0 spiro atoms. The minimum Gasteiger partial charge on any atom is -0.399 e. The Morgan fingerprint density at radius 1 is 1.12 bits per heavy atom. The van der Waals surface area contributed by atoms with E-state index in [9.17, 15) is 0 Å². The van der Waals surface area contributed by atoms with E-state index >= 15 is 0 Å². The van der Waals surface area contributed by atoms with E-state index in [0.717, 1.165) is 15.6 Å². The van der Waals surface area contributed by atoms with E-state index < -0.39 is 0 Å². The molecule has 2 rings (SSSR count). The van der Waals surface area contributed by atoms with E-state index in [2.05, 4.69) is 15.9 Å². The van der Waals surface area contributed by atoms with Gasteiger partial charge in [0.15, 0.2) is 0 Å². The highest BCUT2D eigenvalue weighted by atomic mass is 79.9. The van der Waals surface area contributed by atoms with Crippen molar-refractivity contribution >= 4 is 34.2 Å². The lowest BCUT2D eigenvalue weighted by Crippen LogP contribution is -2.41. The van der Waals surface area contributed by atoms with E-state index in [0.29, 0.717) is 0 Å². The van der Waals surface area contributed by atoms with Crippen molar-refractivity contribution in [3.8, 4) is 0 Å². The first kappa shape index (κ1) is 12.9. The van der Waals surface area contributed by atoms with Crippen molar-refractivity contribution in [2.75, 3.05) is 5.73 Å². The molecule has 0 unspecified atom stereocenters. The van der Waals surface area contributed by atoms with E-state index in [4.69, 9.17) is 15.0 Å². The minimum atomic E-state index is -0.352. The van der Waals surface area contributed by atoms with Crippen LogP contribution in [0.3, 0.4) is 0 Å². The first-order valence-electron chi connectivity index (χ1n) is 5.63. The molecule has 2 N–H and O–H groups in total. The van der Waals surface area contributed by atoms with Gasteiger partial charge in [-0.1, -0.05) is 22.0 Å². The van der Waals surface area contributed by atoms with Crippen molar-refractivity contribution in [1.82, 2.24) is 0 Å². The summed E-state index contributed by atoms with van der Waals surface area (Å²) in [4.78, 5) is 0. The maximum Gasteiger partial charge on any atom is 0.495 e. The molecule has 3 nitrogen and oxygen atoms in total. The highest BCUT2D eigenvalue weighted by Gasteiger charge is 2.52. The smallest absolute Gasteiger partial charge is 0.399 e. The molecule has 1 aliphatic rings. The molecule has 0 saturated carbocycles. The van der Waals surface area contributed by atoms with Crippen LogP contribution in [0, 0.1) is 0 Å². The summed E-state index contributed by atoms with van der Waals surface area (Å²) in [5.41, 5.74) is 6.77. The van der Waals surface area contributed by atoms with Crippen LogP contribution < -0.4 is 11.2 Å². The van der Waals surface area contributed by atoms with Crippen LogP contribution in [0.15, 0.2) is 22.7 Å². The second-order valence-electron chi connectivity index (χ2n) is 5.37. The molecule has 0 bridgehead atoms. The standard InChI is InChI=1S/C12H17BBrNO2/c1-11(2)12(3,4)17-13(16-11)9-6-5-8(15)7-10(9)14/h5-7H,15H2,1-4H3. The molecule has 1 aromatic carbocycles. The molecule has 17 heavy (non-hydrogen) atoms. The highest BCUT2D eigenvalue weighted by Crippen LogP contribution is 2.37. The van der Waals surface area contributed by atoms with Gasteiger partial charge in [0.05, 0.1) is 11.2 Å². The summed E-state index contributed by atoms with van der Waals surface area (Å²) in [6, 6.07) is 5.65. The number of halogens is 1. The van der Waals surface area contributed by atoms with Crippen LogP contribution in [0.1, 0.15) is 27.7 Å². The molecular formula is C12H17BBrNO2. The number of hydrogen-bond acceptors (Lipinski definition) is 3. The van der Waals surface area contributed by atoms with Crippen molar-refractivity contribution in [3.05, 3.63) is 22.7 Å². The third kappa shape index (κ3) is 2.24. The number of nitrogens with two attached hydrogens (primary N) is 1. The van der Waals surface area contributed by atoms with Crippen LogP contribution in [-0.2, 0) is 9.31 Å². The Balaban J connectivity index is 2.32. The van der Waals surface area contributed by atoms with Gasteiger partial charge in [-0.3, -0.25) is 0 Å². The van der Waals surface area contributed by atoms with Crippen LogP contribution in [0.4, 0.5) is 5.69 Å². The van der Waals surface area contributed by atoms with Gasteiger partial charge in [0.25, 0.3) is 0 Å².